The lowest BCUT2D eigenvalue weighted by Gasteiger charge is -2.35. The molecule has 0 spiro atoms. The summed E-state index contributed by atoms with van der Waals surface area (Å²) >= 11 is 0. The maximum atomic E-state index is 12.4. The van der Waals surface area contributed by atoms with Crippen molar-refractivity contribution in [3.8, 4) is 0 Å². The maximum absolute atomic E-state index is 12.4. The minimum Gasteiger partial charge on any atom is -0.477 e. The molecule has 0 atom stereocenters. The lowest BCUT2D eigenvalue weighted by molar-refractivity contribution is 0.0240. The van der Waals surface area contributed by atoms with E-state index >= 15 is 0 Å². The Morgan fingerprint density at radius 2 is 1.86 bits per heavy atom. The van der Waals surface area contributed by atoms with E-state index in [-0.39, 0.29) is 17.0 Å². The van der Waals surface area contributed by atoms with Crippen LogP contribution >= 0.6 is 0 Å². The predicted molar refractivity (Wildman–Crippen MR) is 106 cm³/mol. The number of ether oxygens (including phenoxy) is 1. The molecule has 1 fully saturated rings. The van der Waals surface area contributed by atoms with Gasteiger partial charge in [-0.2, -0.15) is 4.98 Å². The molecule has 0 radical (unpaired) electrons. The lowest BCUT2D eigenvalue weighted by atomic mass is 10.2. The molecule has 1 saturated heterocycles. The minimum absolute atomic E-state index is 0.169. The highest BCUT2D eigenvalue weighted by Gasteiger charge is 2.27. The molecule has 156 valence electrons. The van der Waals surface area contributed by atoms with Gasteiger partial charge in [-0.1, -0.05) is 0 Å². The number of carbonyl (C=O) groups is 2. The molecule has 0 saturated carbocycles. The Hall–Kier alpha value is -3.17. The van der Waals surface area contributed by atoms with Crippen LogP contribution in [0.5, 0.6) is 0 Å². The number of amides is 1. The summed E-state index contributed by atoms with van der Waals surface area (Å²) in [5.74, 6) is -0.840. The zero-order valence-corrected chi connectivity index (χ0v) is 17.0. The summed E-state index contributed by atoms with van der Waals surface area (Å²) in [6.07, 6.45) is 2.33. The first kappa shape index (κ1) is 20.6. The van der Waals surface area contributed by atoms with Crippen LogP contribution in [0.25, 0.3) is 11.0 Å². The molecule has 0 aromatic carbocycles. The molecule has 2 aromatic rings. The lowest BCUT2D eigenvalue weighted by Crippen LogP contribution is -2.50. The Balaban J connectivity index is 1.83. The Bertz CT molecular complexity index is 1000. The summed E-state index contributed by atoms with van der Waals surface area (Å²) in [6, 6.07) is 0. The zero-order valence-electron chi connectivity index (χ0n) is 17.0. The van der Waals surface area contributed by atoms with Crippen LogP contribution in [0.1, 0.15) is 38.1 Å². The van der Waals surface area contributed by atoms with Crippen LogP contribution in [0.3, 0.4) is 0 Å². The van der Waals surface area contributed by atoms with Crippen molar-refractivity contribution in [2.75, 3.05) is 31.1 Å². The van der Waals surface area contributed by atoms with Gasteiger partial charge in [0.1, 0.15) is 16.8 Å². The highest BCUT2D eigenvalue weighted by atomic mass is 16.6. The fourth-order valence-corrected chi connectivity index (χ4v) is 3.12. The van der Waals surface area contributed by atoms with E-state index in [1.807, 2.05) is 32.6 Å². The first-order valence-electron chi connectivity index (χ1n) is 9.47. The van der Waals surface area contributed by atoms with Gasteiger partial charge in [-0.05, 0) is 27.7 Å². The standard InChI is InChI=1S/C19H25N5O5/c1-5-22-11-13(16(26)27)14(25)12-10-20-17(21-15(12)22)23-6-8-24(9-7-23)18(28)29-19(2,3)4/h10-11H,5-9H2,1-4H3,(H,26,27). The molecule has 0 unspecified atom stereocenters. The van der Waals surface area contributed by atoms with Crippen molar-refractivity contribution in [1.82, 2.24) is 19.4 Å². The number of aryl methyl sites for hydroxylation is 1. The molecule has 1 amide bonds. The number of fused-ring (bicyclic) bond motifs is 1. The maximum Gasteiger partial charge on any atom is 0.410 e. The number of carbonyl (C=O) groups excluding carboxylic acids is 1. The molecule has 2 aromatic heterocycles. The molecule has 10 nitrogen and oxygen atoms in total. The second kappa shape index (κ2) is 7.69. The molecule has 1 aliphatic rings. The van der Waals surface area contributed by atoms with Crippen LogP contribution in [0.15, 0.2) is 17.2 Å². The van der Waals surface area contributed by atoms with Crippen LogP contribution in [0.4, 0.5) is 10.7 Å². The summed E-state index contributed by atoms with van der Waals surface area (Å²) in [5.41, 5.74) is -1.06. The number of rotatable bonds is 3. The van der Waals surface area contributed by atoms with Gasteiger partial charge >= 0.3 is 12.1 Å². The molecular weight excluding hydrogens is 378 g/mol. The van der Waals surface area contributed by atoms with Crippen molar-refractivity contribution < 1.29 is 19.4 Å². The number of piperazine rings is 1. The second-order valence-electron chi connectivity index (χ2n) is 7.82. The fraction of sp³-hybridized carbons (Fsp3) is 0.526. The number of aromatic nitrogens is 3. The number of hydrogen-bond acceptors (Lipinski definition) is 7. The van der Waals surface area contributed by atoms with Crippen molar-refractivity contribution in [2.24, 2.45) is 0 Å². The van der Waals surface area contributed by atoms with Gasteiger partial charge in [0.15, 0.2) is 0 Å². The summed E-state index contributed by atoms with van der Waals surface area (Å²) in [4.78, 5) is 48.3. The van der Waals surface area contributed by atoms with Gasteiger partial charge in [-0.15, -0.1) is 0 Å². The van der Waals surface area contributed by atoms with Crippen LogP contribution in [-0.2, 0) is 11.3 Å². The van der Waals surface area contributed by atoms with E-state index in [4.69, 9.17) is 4.74 Å². The normalized spacial score (nSPS) is 14.9. The smallest absolute Gasteiger partial charge is 0.410 e. The van der Waals surface area contributed by atoms with Gasteiger partial charge in [-0.25, -0.2) is 14.6 Å². The van der Waals surface area contributed by atoms with E-state index in [9.17, 15) is 19.5 Å². The minimum atomic E-state index is -1.28. The van der Waals surface area contributed by atoms with E-state index in [1.54, 1.807) is 9.47 Å². The molecule has 3 rings (SSSR count). The number of anilines is 1. The molecule has 0 bridgehead atoms. The van der Waals surface area contributed by atoms with E-state index < -0.39 is 17.0 Å². The molecule has 1 N–H and O–H groups in total. The average molecular weight is 403 g/mol. The second-order valence-corrected chi connectivity index (χ2v) is 7.82. The van der Waals surface area contributed by atoms with E-state index in [2.05, 4.69) is 9.97 Å². The highest BCUT2D eigenvalue weighted by molar-refractivity contribution is 5.91. The van der Waals surface area contributed by atoms with Gasteiger partial charge in [0.2, 0.25) is 11.4 Å². The number of hydrogen-bond donors (Lipinski definition) is 1. The van der Waals surface area contributed by atoms with Crippen molar-refractivity contribution in [1.29, 1.82) is 0 Å². The van der Waals surface area contributed by atoms with E-state index in [0.717, 1.165) is 0 Å². The number of carboxylic acid groups (broad SMARTS) is 1. The Morgan fingerprint density at radius 3 is 2.41 bits per heavy atom. The first-order chi connectivity index (χ1) is 13.6. The SMILES string of the molecule is CCn1cc(C(=O)O)c(=O)c2cnc(N3CCN(C(=O)OC(C)(C)C)CC3)nc21. The van der Waals surface area contributed by atoms with Crippen LogP contribution in [0, 0.1) is 0 Å². The third kappa shape index (κ3) is 4.30. The van der Waals surface area contributed by atoms with Crippen LogP contribution in [0.2, 0.25) is 0 Å². The zero-order chi connectivity index (χ0) is 21.3. The van der Waals surface area contributed by atoms with Gasteiger partial charge in [-0.3, -0.25) is 4.79 Å². The highest BCUT2D eigenvalue weighted by Crippen LogP contribution is 2.17. The van der Waals surface area contributed by atoms with Gasteiger partial charge in [0.25, 0.3) is 0 Å². The topological polar surface area (TPSA) is 118 Å². The van der Waals surface area contributed by atoms with Crippen molar-refractivity contribution in [3.05, 3.63) is 28.2 Å². The molecule has 29 heavy (non-hydrogen) atoms. The Labute approximate surface area is 167 Å². The summed E-state index contributed by atoms with van der Waals surface area (Å²) in [7, 11) is 0. The summed E-state index contributed by atoms with van der Waals surface area (Å²) < 4.78 is 7.03. The number of aromatic carboxylic acids is 1. The molecule has 0 aliphatic carbocycles. The monoisotopic (exact) mass is 403 g/mol. The van der Waals surface area contributed by atoms with Crippen LogP contribution in [-0.4, -0.2) is 68.4 Å². The largest absolute Gasteiger partial charge is 0.477 e. The molecule has 3 heterocycles. The first-order valence-corrected chi connectivity index (χ1v) is 9.47. The number of nitrogens with zero attached hydrogens (tertiary/aromatic N) is 5. The van der Waals surface area contributed by atoms with Crippen molar-refractivity contribution in [2.45, 2.75) is 39.8 Å². The number of carboxylic acids is 1. The van der Waals surface area contributed by atoms with Gasteiger partial charge in [0.05, 0.1) is 5.39 Å². The van der Waals surface area contributed by atoms with E-state index in [1.165, 1.54) is 12.4 Å². The van der Waals surface area contributed by atoms with Crippen molar-refractivity contribution >= 4 is 29.0 Å². The predicted octanol–water partition coefficient (Wildman–Crippen LogP) is 1.57. The Kier molecular flexibility index (Phi) is 5.45. The van der Waals surface area contributed by atoms with Gasteiger partial charge in [0, 0.05) is 45.1 Å². The van der Waals surface area contributed by atoms with Crippen LogP contribution < -0.4 is 10.3 Å². The summed E-state index contributed by atoms with van der Waals surface area (Å²) in [5, 5.41) is 9.41. The molecule has 10 heteroatoms. The quantitative estimate of drug-likeness (QED) is 0.820. The number of pyridine rings is 1. The fourth-order valence-electron chi connectivity index (χ4n) is 3.12. The Morgan fingerprint density at radius 1 is 1.21 bits per heavy atom. The van der Waals surface area contributed by atoms with E-state index in [0.29, 0.717) is 44.3 Å². The summed E-state index contributed by atoms with van der Waals surface area (Å²) in [6.45, 7) is 9.76. The average Bonchev–Trinajstić information content (AvgIpc) is 2.66. The van der Waals surface area contributed by atoms with Crippen molar-refractivity contribution in [3.63, 3.8) is 0 Å². The third-order valence-corrected chi connectivity index (χ3v) is 4.59. The molecule has 1 aliphatic heterocycles. The van der Waals surface area contributed by atoms with Gasteiger partial charge < -0.3 is 24.2 Å². The third-order valence-electron chi connectivity index (χ3n) is 4.59. The molecular formula is C19H25N5O5.